The average molecular weight is 402 g/mol. The number of benzene rings is 3. The van der Waals surface area contributed by atoms with Crippen molar-refractivity contribution in [2.75, 3.05) is 7.11 Å². The van der Waals surface area contributed by atoms with Gasteiger partial charge in [-0.15, -0.1) is 5.10 Å². The van der Waals surface area contributed by atoms with Gasteiger partial charge in [-0.1, -0.05) is 23.4 Å². The van der Waals surface area contributed by atoms with Gasteiger partial charge in [0.05, 0.1) is 24.7 Å². The summed E-state index contributed by atoms with van der Waals surface area (Å²) in [5.74, 6) is 0.235. The van der Waals surface area contributed by atoms with Crippen molar-refractivity contribution in [2.45, 2.75) is 6.54 Å². The summed E-state index contributed by atoms with van der Waals surface area (Å²) in [6.07, 6.45) is 1.61. The van der Waals surface area contributed by atoms with Crippen LogP contribution in [0.2, 0.25) is 0 Å². The number of rotatable bonds is 6. The molecular weight excluding hydrogens is 383 g/mol. The molecule has 150 valence electrons. The number of nitrogens with zero attached hydrogens (tertiary/aromatic N) is 3. The van der Waals surface area contributed by atoms with Gasteiger partial charge in [0.15, 0.2) is 0 Å². The first-order chi connectivity index (χ1) is 14.7. The van der Waals surface area contributed by atoms with Crippen LogP contribution in [0.25, 0.3) is 16.9 Å². The molecule has 3 aromatic carbocycles. The van der Waals surface area contributed by atoms with E-state index in [2.05, 4.69) is 15.6 Å². The Bertz CT molecular complexity index is 1150. The van der Waals surface area contributed by atoms with Crippen molar-refractivity contribution in [1.29, 1.82) is 0 Å². The van der Waals surface area contributed by atoms with Crippen LogP contribution in [0.4, 0.5) is 4.39 Å². The lowest BCUT2D eigenvalue weighted by atomic mass is 10.1. The summed E-state index contributed by atoms with van der Waals surface area (Å²) in [5.41, 5.74) is 3.69. The quantitative estimate of drug-likeness (QED) is 0.529. The van der Waals surface area contributed by atoms with Crippen LogP contribution < -0.4 is 10.1 Å². The smallest absolute Gasteiger partial charge is 0.251 e. The number of hydrogen-bond acceptors (Lipinski definition) is 4. The second-order valence-corrected chi connectivity index (χ2v) is 6.58. The molecule has 7 heteroatoms. The van der Waals surface area contributed by atoms with Gasteiger partial charge in [0.2, 0.25) is 0 Å². The fourth-order valence-corrected chi connectivity index (χ4v) is 3.12. The van der Waals surface area contributed by atoms with Crippen LogP contribution in [-0.4, -0.2) is 28.0 Å². The summed E-state index contributed by atoms with van der Waals surface area (Å²) < 4.78 is 20.2. The minimum Gasteiger partial charge on any atom is -0.496 e. The predicted molar refractivity (Wildman–Crippen MR) is 111 cm³/mol. The van der Waals surface area contributed by atoms with Crippen molar-refractivity contribution in [2.24, 2.45) is 0 Å². The molecule has 1 aromatic heterocycles. The fraction of sp³-hybridized carbons (Fsp3) is 0.0870. The number of amides is 1. The first-order valence-electron chi connectivity index (χ1n) is 9.33. The Kier molecular flexibility index (Phi) is 5.52. The lowest BCUT2D eigenvalue weighted by Crippen LogP contribution is -2.23. The van der Waals surface area contributed by atoms with E-state index in [1.54, 1.807) is 54.4 Å². The second kappa shape index (κ2) is 8.57. The molecule has 0 aliphatic heterocycles. The molecular formula is C23H19FN4O2. The molecule has 0 aliphatic carbocycles. The molecule has 0 bridgehead atoms. The normalized spacial score (nSPS) is 10.6. The number of hydrogen-bond donors (Lipinski definition) is 1. The lowest BCUT2D eigenvalue weighted by molar-refractivity contribution is 0.0950. The molecule has 0 fully saturated rings. The van der Waals surface area contributed by atoms with E-state index in [1.807, 2.05) is 24.3 Å². The lowest BCUT2D eigenvalue weighted by Gasteiger charge is -2.10. The van der Waals surface area contributed by atoms with E-state index >= 15 is 0 Å². The molecule has 1 amide bonds. The highest BCUT2D eigenvalue weighted by Gasteiger charge is 2.11. The zero-order valence-corrected chi connectivity index (χ0v) is 16.2. The van der Waals surface area contributed by atoms with Crippen LogP contribution in [0.1, 0.15) is 15.9 Å². The minimum absolute atomic E-state index is 0.190. The molecule has 0 atom stereocenters. The van der Waals surface area contributed by atoms with E-state index in [0.29, 0.717) is 12.1 Å². The van der Waals surface area contributed by atoms with Crippen LogP contribution in [0.15, 0.2) is 79.0 Å². The summed E-state index contributed by atoms with van der Waals surface area (Å²) in [4.78, 5) is 12.5. The van der Waals surface area contributed by atoms with Crippen LogP contribution in [-0.2, 0) is 6.54 Å². The topological polar surface area (TPSA) is 69.0 Å². The second-order valence-electron chi connectivity index (χ2n) is 6.58. The third-order valence-electron chi connectivity index (χ3n) is 4.70. The average Bonchev–Trinajstić information content (AvgIpc) is 3.28. The van der Waals surface area contributed by atoms with Crippen molar-refractivity contribution >= 4 is 5.91 Å². The number of carbonyl (C=O) groups excluding carboxylic acids is 1. The molecule has 0 aliphatic rings. The summed E-state index contributed by atoms with van der Waals surface area (Å²) in [7, 11) is 1.60. The summed E-state index contributed by atoms with van der Waals surface area (Å²) in [6.45, 7) is 0.363. The molecule has 0 unspecified atom stereocenters. The van der Waals surface area contributed by atoms with Crippen molar-refractivity contribution in [3.63, 3.8) is 0 Å². The largest absolute Gasteiger partial charge is 0.496 e. The minimum atomic E-state index is -0.304. The number of para-hydroxylation sites is 1. The maximum Gasteiger partial charge on any atom is 0.251 e. The molecule has 1 heterocycles. The molecule has 0 spiro atoms. The Labute approximate surface area is 172 Å². The molecule has 30 heavy (non-hydrogen) atoms. The fourth-order valence-electron chi connectivity index (χ4n) is 3.12. The number of nitrogens with one attached hydrogen (secondary N) is 1. The first-order valence-corrected chi connectivity index (χ1v) is 9.33. The van der Waals surface area contributed by atoms with Gasteiger partial charge in [-0.05, 0) is 54.6 Å². The van der Waals surface area contributed by atoms with E-state index in [1.165, 1.54) is 12.1 Å². The zero-order valence-electron chi connectivity index (χ0n) is 16.2. The van der Waals surface area contributed by atoms with Crippen LogP contribution >= 0.6 is 0 Å². The predicted octanol–water partition coefficient (Wildman–Crippen LogP) is 4.01. The molecule has 4 aromatic rings. The van der Waals surface area contributed by atoms with Crippen molar-refractivity contribution in [1.82, 2.24) is 20.3 Å². The van der Waals surface area contributed by atoms with Crippen LogP contribution in [0, 0.1) is 5.82 Å². The maximum absolute atomic E-state index is 13.2. The third-order valence-corrected chi connectivity index (χ3v) is 4.70. The molecule has 0 saturated heterocycles. The number of halogens is 1. The number of methoxy groups -OCH3 is 1. The third kappa shape index (κ3) is 4.05. The van der Waals surface area contributed by atoms with E-state index in [0.717, 1.165) is 28.3 Å². The molecule has 6 nitrogen and oxygen atoms in total. The van der Waals surface area contributed by atoms with Gasteiger partial charge in [0, 0.05) is 23.2 Å². The van der Waals surface area contributed by atoms with Gasteiger partial charge >= 0.3 is 0 Å². The Balaban J connectivity index is 1.49. The Morgan fingerprint density at radius 1 is 1.03 bits per heavy atom. The summed E-state index contributed by atoms with van der Waals surface area (Å²) in [6, 6.07) is 20.7. The van der Waals surface area contributed by atoms with E-state index < -0.39 is 0 Å². The van der Waals surface area contributed by atoms with Gasteiger partial charge in [-0.3, -0.25) is 4.79 Å². The Hall–Kier alpha value is -4.00. The summed E-state index contributed by atoms with van der Waals surface area (Å²) in [5, 5.41) is 11.0. The van der Waals surface area contributed by atoms with Gasteiger partial charge in [-0.2, -0.15) is 0 Å². The van der Waals surface area contributed by atoms with E-state index in [9.17, 15) is 9.18 Å². The highest BCUT2D eigenvalue weighted by atomic mass is 19.1. The van der Waals surface area contributed by atoms with Crippen molar-refractivity contribution < 1.29 is 13.9 Å². The standard InChI is InChI=1S/C23H19FN4O2/c1-30-22-5-3-2-4-18(22)14-25-23(29)17-8-12-20(13-9-17)28-21(15-26-27-28)16-6-10-19(24)11-7-16/h2-13,15H,14H2,1H3,(H,25,29). The van der Waals surface area contributed by atoms with Gasteiger partial charge in [0.1, 0.15) is 11.6 Å². The molecule has 4 rings (SSSR count). The monoisotopic (exact) mass is 402 g/mol. The molecule has 0 radical (unpaired) electrons. The summed E-state index contributed by atoms with van der Waals surface area (Å²) >= 11 is 0. The number of aromatic nitrogens is 3. The van der Waals surface area contributed by atoms with Gasteiger partial charge in [-0.25, -0.2) is 9.07 Å². The number of carbonyl (C=O) groups is 1. The van der Waals surface area contributed by atoms with Crippen molar-refractivity contribution in [3.8, 4) is 22.7 Å². The van der Waals surface area contributed by atoms with Gasteiger partial charge < -0.3 is 10.1 Å². The highest BCUT2D eigenvalue weighted by Crippen LogP contribution is 2.22. The van der Waals surface area contributed by atoms with Gasteiger partial charge in [0.25, 0.3) is 5.91 Å². The Morgan fingerprint density at radius 3 is 2.50 bits per heavy atom. The Morgan fingerprint density at radius 2 is 1.77 bits per heavy atom. The van der Waals surface area contributed by atoms with E-state index in [-0.39, 0.29) is 11.7 Å². The molecule has 0 saturated carbocycles. The van der Waals surface area contributed by atoms with Crippen LogP contribution in [0.5, 0.6) is 5.75 Å². The SMILES string of the molecule is COc1ccccc1CNC(=O)c1ccc(-n2nncc2-c2ccc(F)cc2)cc1. The maximum atomic E-state index is 13.2. The van der Waals surface area contributed by atoms with Crippen molar-refractivity contribution in [3.05, 3.63) is 95.9 Å². The van der Waals surface area contributed by atoms with E-state index in [4.69, 9.17) is 4.74 Å². The number of ether oxygens (including phenoxy) is 1. The first kappa shape index (κ1) is 19.3. The molecule has 1 N–H and O–H groups in total. The zero-order chi connectivity index (χ0) is 20.9. The highest BCUT2D eigenvalue weighted by molar-refractivity contribution is 5.94. The van der Waals surface area contributed by atoms with Crippen LogP contribution in [0.3, 0.4) is 0 Å².